The monoisotopic (exact) mass is 306 g/mol. The molecular formula is C16H22N2O4. The number of aliphatic carboxylic acids is 1. The van der Waals surface area contributed by atoms with Gasteiger partial charge in [0.15, 0.2) is 0 Å². The highest BCUT2D eigenvalue weighted by molar-refractivity contribution is 5.79. The third kappa shape index (κ3) is 5.37. The predicted molar refractivity (Wildman–Crippen MR) is 81.4 cm³/mol. The number of carboxylic acids is 1. The van der Waals surface area contributed by atoms with Gasteiger partial charge in [-0.25, -0.2) is 9.59 Å². The zero-order valence-electron chi connectivity index (χ0n) is 12.5. The maximum Gasteiger partial charge on any atom is 0.408 e. The van der Waals surface area contributed by atoms with Gasteiger partial charge in [0.25, 0.3) is 0 Å². The van der Waals surface area contributed by atoms with Gasteiger partial charge in [-0.3, -0.25) is 0 Å². The van der Waals surface area contributed by atoms with Gasteiger partial charge in [0.2, 0.25) is 0 Å². The summed E-state index contributed by atoms with van der Waals surface area (Å²) in [7, 11) is 0. The molecule has 1 amide bonds. The van der Waals surface area contributed by atoms with Gasteiger partial charge in [-0.1, -0.05) is 30.3 Å². The summed E-state index contributed by atoms with van der Waals surface area (Å²) < 4.78 is 5.07. The molecule has 22 heavy (non-hydrogen) atoms. The molecule has 0 spiro atoms. The van der Waals surface area contributed by atoms with Crippen molar-refractivity contribution in [3.63, 3.8) is 0 Å². The van der Waals surface area contributed by atoms with Crippen LogP contribution < -0.4 is 10.6 Å². The van der Waals surface area contributed by atoms with Crippen LogP contribution in [0.2, 0.25) is 0 Å². The number of hydrogen-bond donors (Lipinski definition) is 3. The zero-order valence-corrected chi connectivity index (χ0v) is 12.5. The summed E-state index contributed by atoms with van der Waals surface area (Å²) in [5, 5.41) is 14.9. The number of nitrogens with one attached hydrogen (secondary N) is 2. The molecule has 2 atom stereocenters. The van der Waals surface area contributed by atoms with Crippen LogP contribution >= 0.6 is 0 Å². The lowest BCUT2D eigenvalue weighted by atomic mass is 9.92. The highest BCUT2D eigenvalue weighted by Crippen LogP contribution is 2.16. The van der Waals surface area contributed by atoms with Gasteiger partial charge < -0.3 is 20.5 Å². The largest absolute Gasteiger partial charge is 0.480 e. The number of hydrogen-bond acceptors (Lipinski definition) is 4. The minimum Gasteiger partial charge on any atom is -0.480 e. The molecule has 0 bridgehead atoms. The standard InChI is InChI=1S/C16H22N2O4/c19-15(20)14(9-13-7-4-8-17-10-13)18-16(21)22-11-12-5-2-1-3-6-12/h1-3,5-6,13-14,17H,4,7-11H2,(H,18,21)(H,19,20)/t13-,14-/m0/s1. The number of piperidine rings is 1. The van der Waals surface area contributed by atoms with E-state index in [-0.39, 0.29) is 12.5 Å². The topological polar surface area (TPSA) is 87.7 Å². The van der Waals surface area contributed by atoms with Crippen LogP contribution in [0.5, 0.6) is 0 Å². The molecule has 1 heterocycles. The van der Waals surface area contributed by atoms with Gasteiger partial charge in [-0.05, 0) is 43.8 Å². The van der Waals surface area contributed by atoms with E-state index in [4.69, 9.17) is 4.74 Å². The van der Waals surface area contributed by atoms with E-state index in [2.05, 4.69) is 10.6 Å². The number of benzene rings is 1. The first-order valence-electron chi connectivity index (χ1n) is 7.56. The summed E-state index contributed by atoms with van der Waals surface area (Å²) >= 11 is 0. The summed E-state index contributed by atoms with van der Waals surface area (Å²) in [5.41, 5.74) is 0.862. The predicted octanol–water partition coefficient (Wildman–Crippen LogP) is 1.76. The Morgan fingerprint density at radius 3 is 2.77 bits per heavy atom. The molecule has 3 N–H and O–H groups in total. The number of carbonyl (C=O) groups is 2. The van der Waals surface area contributed by atoms with E-state index in [1.807, 2.05) is 30.3 Å². The maximum atomic E-state index is 11.8. The maximum absolute atomic E-state index is 11.8. The van der Waals surface area contributed by atoms with Crippen LogP contribution in [-0.2, 0) is 16.1 Å². The second-order valence-electron chi connectivity index (χ2n) is 5.54. The van der Waals surface area contributed by atoms with Gasteiger partial charge in [0.05, 0.1) is 0 Å². The molecule has 1 aromatic carbocycles. The van der Waals surface area contributed by atoms with Crippen molar-refractivity contribution in [3.05, 3.63) is 35.9 Å². The Bertz CT molecular complexity index is 486. The lowest BCUT2D eigenvalue weighted by molar-refractivity contribution is -0.139. The van der Waals surface area contributed by atoms with Crippen molar-refractivity contribution < 1.29 is 19.4 Å². The number of carboxylic acid groups (broad SMARTS) is 1. The molecular weight excluding hydrogens is 284 g/mol. The Balaban J connectivity index is 1.79. The van der Waals surface area contributed by atoms with E-state index in [0.717, 1.165) is 31.5 Å². The van der Waals surface area contributed by atoms with Crippen LogP contribution in [0.25, 0.3) is 0 Å². The average Bonchev–Trinajstić information content (AvgIpc) is 2.54. The molecule has 0 aliphatic carbocycles. The van der Waals surface area contributed by atoms with Crippen molar-refractivity contribution >= 4 is 12.1 Å². The summed E-state index contributed by atoms with van der Waals surface area (Å²) in [6.07, 6.45) is 1.75. The molecule has 0 unspecified atom stereocenters. The SMILES string of the molecule is O=C(N[C@@H](C[C@@H]1CCCNC1)C(=O)O)OCc1ccccc1. The van der Waals surface area contributed by atoms with Crippen molar-refractivity contribution in [1.82, 2.24) is 10.6 Å². The van der Waals surface area contributed by atoms with Gasteiger partial charge in [0.1, 0.15) is 12.6 Å². The van der Waals surface area contributed by atoms with E-state index >= 15 is 0 Å². The number of amides is 1. The smallest absolute Gasteiger partial charge is 0.408 e. The van der Waals surface area contributed by atoms with E-state index in [1.54, 1.807) is 0 Å². The summed E-state index contributed by atoms with van der Waals surface area (Å²) in [5.74, 6) is -0.758. The molecule has 1 aliphatic rings. The molecule has 1 saturated heterocycles. The number of ether oxygens (including phenoxy) is 1. The van der Waals surface area contributed by atoms with Crippen molar-refractivity contribution in [2.45, 2.75) is 31.9 Å². The first-order valence-corrected chi connectivity index (χ1v) is 7.56. The quantitative estimate of drug-likeness (QED) is 0.745. The minimum absolute atomic E-state index is 0.129. The van der Waals surface area contributed by atoms with E-state index < -0.39 is 18.1 Å². The van der Waals surface area contributed by atoms with E-state index in [9.17, 15) is 14.7 Å². The van der Waals surface area contributed by atoms with Crippen molar-refractivity contribution in [2.24, 2.45) is 5.92 Å². The molecule has 6 heteroatoms. The van der Waals surface area contributed by atoms with E-state index in [0.29, 0.717) is 6.42 Å². The van der Waals surface area contributed by atoms with Gasteiger partial charge in [0, 0.05) is 0 Å². The molecule has 6 nitrogen and oxygen atoms in total. The third-order valence-corrected chi connectivity index (χ3v) is 3.77. The lowest BCUT2D eigenvalue weighted by Gasteiger charge is -2.25. The Morgan fingerprint density at radius 1 is 1.36 bits per heavy atom. The van der Waals surface area contributed by atoms with Crippen LogP contribution in [0.1, 0.15) is 24.8 Å². The second kappa shape index (κ2) is 8.38. The normalized spacial score (nSPS) is 19.2. The fourth-order valence-corrected chi connectivity index (χ4v) is 2.59. The Labute approximate surface area is 129 Å². The molecule has 0 saturated carbocycles. The van der Waals surface area contributed by atoms with Crippen LogP contribution in [0.4, 0.5) is 4.79 Å². The first-order chi connectivity index (χ1) is 10.6. The Morgan fingerprint density at radius 2 is 2.14 bits per heavy atom. The Hall–Kier alpha value is -2.08. The van der Waals surface area contributed by atoms with Gasteiger partial charge >= 0.3 is 12.1 Å². The molecule has 2 rings (SSSR count). The first kappa shape index (κ1) is 16.3. The fourth-order valence-electron chi connectivity index (χ4n) is 2.59. The van der Waals surface area contributed by atoms with Crippen molar-refractivity contribution in [2.75, 3.05) is 13.1 Å². The zero-order chi connectivity index (χ0) is 15.8. The molecule has 0 radical (unpaired) electrons. The molecule has 1 aromatic rings. The summed E-state index contributed by atoms with van der Waals surface area (Å²) in [6.45, 7) is 1.90. The van der Waals surface area contributed by atoms with Crippen molar-refractivity contribution in [3.8, 4) is 0 Å². The molecule has 1 aliphatic heterocycles. The highest BCUT2D eigenvalue weighted by Gasteiger charge is 2.25. The molecule has 0 aromatic heterocycles. The third-order valence-electron chi connectivity index (χ3n) is 3.77. The highest BCUT2D eigenvalue weighted by atomic mass is 16.5. The number of carbonyl (C=O) groups excluding carboxylic acids is 1. The summed E-state index contributed by atoms with van der Waals surface area (Å²) in [6, 6.07) is 8.36. The molecule has 120 valence electrons. The second-order valence-corrected chi connectivity index (χ2v) is 5.54. The van der Waals surface area contributed by atoms with E-state index in [1.165, 1.54) is 0 Å². The van der Waals surface area contributed by atoms with Crippen LogP contribution in [0.3, 0.4) is 0 Å². The average molecular weight is 306 g/mol. The van der Waals surface area contributed by atoms with Crippen LogP contribution in [0.15, 0.2) is 30.3 Å². The fraction of sp³-hybridized carbons (Fsp3) is 0.500. The van der Waals surface area contributed by atoms with Gasteiger partial charge in [-0.2, -0.15) is 0 Å². The molecule has 1 fully saturated rings. The number of rotatable bonds is 6. The minimum atomic E-state index is -1.03. The van der Waals surface area contributed by atoms with Gasteiger partial charge in [-0.15, -0.1) is 0 Å². The Kier molecular flexibility index (Phi) is 6.21. The number of alkyl carbamates (subject to hydrolysis) is 1. The van der Waals surface area contributed by atoms with Crippen LogP contribution in [-0.4, -0.2) is 36.3 Å². The van der Waals surface area contributed by atoms with Crippen LogP contribution in [0, 0.1) is 5.92 Å². The lowest BCUT2D eigenvalue weighted by Crippen LogP contribution is -2.44. The van der Waals surface area contributed by atoms with Crippen molar-refractivity contribution in [1.29, 1.82) is 0 Å². The summed E-state index contributed by atoms with van der Waals surface area (Å²) in [4.78, 5) is 23.1.